The maximum Gasteiger partial charge on any atom is 0.407 e. The third-order valence-corrected chi connectivity index (χ3v) is 5.36. The summed E-state index contributed by atoms with van der Waals surface area (Å²) >= 11 is 0. The van der Waals surface area contributed by atoms with E-state index in [1.165, 1.54) is 5.56 Å². The van der Waals surface area contributed by atoms with Gasteiger partial charge >= 0.3 is 6.09 Å². The Hall–Kier alpha value is -2.44. The first-order chi connectivity index (χ1) is 13.8. The lowest BCUT2D eigenvalue weighted by atomic mass is 9.78. The maximum absolute atomic E-state index is 12.3. The summed E-state index contributed by atoms with van der Waals surface area (Å²) in [6.45, 7) is 7.38. The van der Waals surface area contributed by atoms with E-state index in [2.05, 4.69) is 22.8 Å². The van der Waals surface area contributed by atoms with Crippen molar-refractivity contribution in [3.63, 3.8) is 0 Å². The van der Waals surface area contributed by atoms with Crippen LogP contribution in [-0.2, 0) is 14.9 Å². The molecule has 0 spiro atoms. The minimum atomic E-state index is -0.551. The molecule has 2 aliphatic rings. The summed E-state index contributed by atoms with van der Waals surface area (Å²) < 4.78 is 16.5. The van der Waals surface area contributed by atoms with Crippen molar-refractivity contribution in [3.05, 3.63) is 23.8 Å². The average molecular weight is 405 g/mol. The van der Waals surface area contributed by atoms with Gasteiger partial charge in [0, 0.05) is 24.9 Å². The fraction of sp³-hybridized carbons (Fsp3) is 0.636. The molecule has 1 aliphatic heterocycles. The van der Waals surface area contributed by atoms with E-state index in [0.717, 1.165) is 37.2 Å². The first-order valence-electron chi connectivity index (χ1n) is 10.4. The summed E-state index contributed by atoms with van der Waals surface area (Å²) in [4.78, 5) is 24.0. The van der Waals surface area contributed by atoms with Gasteiger partial charge in [0.2, 0.25) is 5.91 Å². The predicted molar refractivity (Wildman–Crippen MR) is 109 cm³/mol. The molecule has 0 unspecified atom stereocenters. The molecule has 2 amide bonds. The fourth-order valence-corrected chi connectivity index (χ4v) is 3.94. The number of hydrogen-bond acceptors (Lipinski definition) is 5. The van der Waals surface area contributed by atoms with Crippen LogP contribution in [0.25, 0.3) is 0 Å². The lowest BCUT2D eigenvalue weighted by Gasteiger charge is -2.31. The van der Waals surface area contributed by atoms with Crippen LogP contribution in [0.15, 0.2) is 18.2 Å². The number of benzene rings is 1. The molecule has 1 saturated carbocycles. The fourth-order valence-electron chi connectivity index (χ4n) is 3.94. The minimum absolute atomic E-state index is 0.0788. The van der Waals surface area contributed by atoms with Crippen LogP contribution in [-0.4, -0.2) is 43.9 Å². The number of ether oxygens (including phenoxy) is 3. The highest BCUT2D eigenvalue weighted by Crippen LogP contribution is 2.43. The van der Waals surface area contributed by atoms with E-state index in [4.69, 9.17) is 14.2 Å². The monoisotopic (exact) mass is 404 g/mol. The molecule has 7 heteroatoms. The van der Waals surface area contributed by atoms with Gasteiger partial charge in [-0.3, -0.25) is 4.79 Å². The standard InChI is InChI=1S/C22H32N2O5/c1-21(2,3)29-20(26)23-11-8-19(25)24-15-22(9-4-5-10-22)16-6-7-17-18(14-16)28-13-12-27-17/h6-7,14H,4-5,8-13,15H2,1-3H3,(H,23,26)(H,24,25). The number of nitrogens with one attached hydrogen (secondary N) is 2. The van der Waals surface area contributed by atoms with E-state index >= 15 is 0 Å². The molecule has 1 fully saturated rings. The largest absolute Gasteiger partial charge is 0.486 e. The van der Waals surface area contributed by atoms with Crippen LogP contribution in [0.5, 0.6) is 11.5 Å². The molecule has 0 saturated heterocycles. The molecule has 0 aromatic heterocycles. The quantitative estimate of drug-likeness (QED) is 0.760. The van der Waals surface area contributed by atoms with E-state index in [0.29, 0.717) is 19.8 Å². The van der Waals surface area contributed by atoms with E-state index in [9.17, 15) is 9.59 Å². The summed E-state index contributed by atoms with van der Waals surface area (Å²) in [6.07, 6.45) is 4.06. The first-order valence-corrected chi connectivity index (χ1v) is 10.4. The van der Waals surface area contributed by atoms with Gasteiger partial charge in [0.1, 0.15) is 18.8 Å². The molecule has 7 nitrogen and oxygen atoms in total. The molecule has 0 bridgehead atoms. The number of carbonyl (C=O) groups is 2. The van der Waals surface area contributed by atoms with Crippen LogP contribution in [0.3, 0.4) is 0 Å². The second kappa shape index (κ2) is 8.93. The molecular formula is C22H32N2O5. The molecule has 29 heavy (non-hydrogen) atoms. The van der Waals surface area contributed by atoms with Gasteiger partial charge in [-0.1, -0.05) is 18.9 Å². The molecule has 1 heterocycles. The van der Waals surface area contributed by atoms with Crippen molar-refractivity contribution in [2.24, 2.45) is 0 Å². The Morgan fingerprint density at radius 2 is 1.76 bits per heavy atom. The van der Waals surface area contributed by atoms with Crippen LogP contribution in [0.4, 0.5) is 4.79 Å². The van der Waals surface area contributed by atoms with Gasteiger partial charge in [0.15, 0.2) is 11.5 Å². The average Bonchev–Trinajstić information content (AvgIpc) is 3.15. The molecule has 0 radical (unpaired) electrons. The molecule has 2 N–H and O–H groups in total. The van der Waals surface area contributed by atoms with Gasteiger partial charge < -0.3 is 24.8 Å². The van der Waals surface area contributed by atoms with Crippen LogP contribution in [0.2, 0.25) is 0 Å². The Morgan fingerprint density at radius 1 is 1.07 bits per heavy atom. The molecule has 0 atom stereocenters. The van der Waals surface area contributed by atoms with Crippen LogP contribution in [0.1, 0.15) is 58.4 Å². The van der Waals surface area contributed by atoms with Gasteiger partial charge in [-0.15, -0.1) is 0 Å². The third kappa shape index (κ3) is 5.78. The molecular weight excluding hydrogens is 372 g/mol. The second-order valence-corrected chi connectivity index (χ2v) is 8.80. The lowest BCUT2D eigenvalue weighted by molar-refractivity contribution is -0.121. The Labute approximate surface area is 172 Å². The first kappa shape index (κ1) is 21.3. The molecule has 160 valence electrons. The van der Waals surface area contributed by atoms with Crippen molar-refractivity contribution in [3.8, 4) is 11.5 Å². The Kier molecular flexibility index (Phi) is 6.55. The maximum atomic E-state index is 12.3. The van der Waals surface area contributed by atoms with Crippen molar-refractivity contribution in [1.82, 2.24) is 10.6 Å². The lowest BCUT2D eigenvalue weighted by Crippen LogP contribution is -2.40. The van der Waals surface area contributed by atoms with Crippen LogP contribution in [0, 0.1) is 0 Å². The normalized spacial score (nSPS) is 17.5. The van der Waals surface area contributed by atoms with E-state index in [-0.39, 0.29) is 24.3 Å². The summed E-state index contributed by atoms with van der Waals surface area (Å²) in [5, 5.41) is 5.68. The van der Waals surface area contributed by atoms with Crippen molar-refractivity contribution in [2.75, 3.05) is 26.3 Å². The van der Waals surface area contributed by atoms with Gasteiger partial charge in [0.25, 0.3) is 0 Å². The number of carbonyl (C=O) groups excluding carboxylic acids is 2. The van der Waals surface area contributed by atoms with Crippen molar-refractivity contribution in [2.45, 2.75) is 63.9 Å². The van der Waals surface area contributed by atoms with Crippen LogP contribution >= 0.6 is 0 Å². The summed E-state index contributed by atoms with van der Waals surface area (Å²) in [5.41, 5.74) is 0.556. The van der Waals surface area contributed by atoms with E-state index in [1.807, 2.05) is 6.07 Å². The number of alkyl carbamates (subject to hydrolysis) is 1. The van der Waals surface area contributed by atoms with Crippen molar-refractivity contribution in [1.29, 1.82) is 0 Å². The predicted octanol–water partition coefficient (Wildman–Crippen LogP) is 3.30. The summed E-state index contributed by atoms with van der Waals surface area (Å²) in [7, 11) is 0. The number of hydrogen-bond donors (Lipinski definition) is 2. The summed E-state index contributed by atoms with van der Waals surface area (Å²) in [6, 6.07) is 6.13. The zero-order valence-electron chi connectivity index (χ0n) is 17.6. The second-order valence-electron chi connectivity index (χ2n) is 8.80. The SMILES string of the molecule is CC(C)(C)OC(=O)NCCC(=O)NCC1(c2ccc3c(c2)OCCO3)CCCC1. The third-order valence-electron chi connectivity index (χ3n) is 5.36. The van der Waals surface area contributed by atoms with Crippen LogP contribution < -0.4 is 20.1 Å². The van der Waals surface area contributed by atoms with Gasteiger partial charge in [-0.25, -0.2) is 4.79 Å². The Morgan fingerprint density at radius 3 is 2.45 bits per heavy atom. The van der Waals surface area contributed by atoms with Gasteiger partial charge in [-0.2, -0.15) is 0 Å². The summed E-state index contributed by atoms with van der Waals surface area (Å²) in [5.74, 6) is 1.49. The number of amides is 2. The molecule has 1 aromatic carbocycles. The molecule has 1 aliphatic carbocycles. The van der Waals surface area contributed by atoms with Gasteiger partial charge in [0.05, 0.1) is 0 Å². The van der Waals surface area contributed by atoms with E-state index in [1.54, 1.807) is 20.8 Å². The smallest absolute Gasteiger partial charge is 0.407 e. The van der Waals surface area contributed by atoms with Crippen molar-refractivity contribution >= 4 is 12.0 Å². The zero-order chi connectivity index (χ0) is 20.9. The topological polar surface area (TPSA) is 85.9 Å². The highest BCUT2D eigenvalue weighted by molar-refractivity contribution is 5.77. The molecule has 3 rings (SSSR count). The Balaban J connectivity index is 1.53. The van der Waals surface area contributed by atoms with Crippen molar-refractivity contribution < 1.29 is 23.8 Å². The molecule has 1 aromatic rings. The Bertz CT molecular complexity index is 735. The highest BCUT2D eigenvalue weighted by Gasteiger charge is 2.36. The minimum Gasteiger partial charge on any atom is -0.486 e. The van der Waals surface area contributed by atoms with Gasteiger partial charge in [-0.05, 0) is 51.3 Å². The highest BCUT2D eigenvalue weighted by atomic mass is 16.6. The number of fused-ring (bicyclic) bond motifs is 1. The van der Waals surface area contributed by atoms with E-state index < -0.39 is 11.7 Å². The zero-order valence-corrected chi connectivity index (χ0v) is 17.6. The number of rotatable bonds is 6.